The summed E-state index contributed by atoms with van der Waals surface area (Å²) < 4.78 is 14.0. The van der Waals surface area contributed by atoms with Crippen LogP contribution in [0.4, 0.5) is 5.69 Å². The summed E-state index contributed by atoms with van der Waals surface area (Å²) in [6.45, 7) is 3.65. The second kappa shape index (κ2) is 11.7. The summed E-state index contributed by atoms with van der Waals surface area (Å²) in [6.07, 6.45) is 7.61. The normalized spacial score (nSPS) is 22.7. The number of hydrogen-bond acceptors (Lipinski definition) is 7. The van der Waals surface area contributed by atoms with Crippen molar-refractivity contribution in [2.75, 3.05) is 39.8 Å². The second-order valence-corrected chi connectivity index (χ2v) is 12.9. The molecule has 2 saturated heterocycles. The van der Waals surface area contributed by atoms with Crippen LogP contribution in [0.15, 0.2) is 65.8 Å². The van der Waals surface area contributed by atoms with Gasteiger partial charge in [-0.15, -0.1) is 0 Å². The highest BCUT2D eigenvalue weighted by Gasteiger charge is 2.39. The Balaban J connectivity index is 0.901. The molecular weight excluding hydrogens is 604 g/mol. The molecule has 11 heteroatoms. The van der Waals surface area contributed by atoms with E-state index in [1.807, 2.05) is 75.1 Å². The van der Waals surface area contributed by atoms with Crippen molar-refractivity contribution in [3.05, 3.63) is 77.1 Å². The molecule has 236 valence electrons. The molecule has 2 amide bonds. The molecule has 4 aliphatic rings. The third-order valence-corrected chi connectivity index (χ3v) is 10.0. The van der Waals surface area contributed by atoms with E-state index in [4.69, 9.17) is 26.1 Å². The zero-order chi connectivity index (χ0) is 31.4. The van der Waals surface area contributed by atoms with Gasteiger partial charge < -0.3 is 19.3 Å². The van der Waals surface area contributed by atoms with Gasteiger partial charge in [0.2, 0.25) is 0 Å². The number of rotatable bonds is 6. The first-order valence-electron chi connectivity index (χ1n) is 16.0. The maximum atomic E-state index is 13.7. The van der Waals surface area contributed by atoms with E-state index in [0.717, 1.165) is 62.2 Å². The number of carbonyl (C=O) groups excluding carboxylic acids is 2. The highest BCUT2D eigenvalue weighted by atomic mass is 35.5. The predicted octanol–water partition coefficient (Wildman–Crippen LogP) is 5.35. The molecule has 10 nitrogen and oxygen atoms in total. The van der Waals surface area contributed by atoms with E-state index < -0.39 is 0 Å². The monoisotopic (exact) mass is 638 g/mol. The number of aliphatic imine (C=N–C) groups is 1. The van der Waals surface area contributed by atoms with Crippen molar-refractivity contribution in [3.63, 3.8) is 0 Å². The number of aromatic nitrogens is 2. The van der Waals surface area contributed by atoms with Gasteiger partial charge in [-0.1, -0.05) is 17.7 Å². The maximum Gasteiger partial charge on any atom is 0.274 e. The van der Waals surface area contributed by atoms with E-state index in [-0.39, 0.29) is 24.0 Å². The van der Waals surface area contributed by atoms with Gasteiger partial charge >= 0.3 is 0 Å². The first-order chi connectivity index (χ1) is 22.5. The quantitative estimate of drug-likeness (QED) is 0.283. The maximum absolute atomic E-state index is 13.7. The first kappa shape index (κ1) is 29.0. The lowest BCUT2D eigenvalue weighted by molar-refractivity contribution is -0.00481. The Morgan fingerprint density at radius 2 is 1.78 bits per heavy atom. The first-order valence-corrected chi connectivity index (χ1v) is 16.3. The highest BCUT2D eigenvalue weighted by molar-refractivity contribution is 6.30. The summed E-state index contributed by atoms with van der Waals surface area (Å²) >= 11 is 6.11. The number of pyridine rings is 1. The van der Waals surface area contributed by atoms with Crippen LogP contribution in [0.5, 0.6) is 11.5 Å². The summed E-state index contributed by atoms with van der Waals surface area (Å²) in [5.74, 6) is 1.86. The summed E-state index contributed by atoms with van der Waals surface area (Å²) in [5, 5.41) is 0.657. The number of hydrogen-bond donors (Lipinski definition) is 0. The molecule has 1 saturated carbocycles. The molecule has 0 radical (unpaired) electrons. The van der Waals surface area contributed by atoms with Gasteiger partial charge in [0, 0.05) is 80.7 Å². The van der Waals surface area contributed by atoms with Crippen LogP contribution in [0.3, 0.4) is 0 Å². The van der Waals surface area contributed by atoms with Gasteiger partial charge in [0.15, 0.2) is 17.2 Å². The van der Waals surface area contributed by atoms with Crippen molar-refractivity contribution in [2.24, 2.45) is 4.99 Å². The van der Waals surface area contributed by atoms with Crippen molar-refractivity contribution in [1.29, 1.82) is 0 Å². The standard InChI is InChI=1S/C35H35ClN6O4/c1-45-30-19-27-28(37-21-24-5-4-12-41(24)34(27)43)20-31(30)46-26-17-25(18-26)39-13-15-40(16-14-39)35(44)32-29-6-2-3-11-42(29)33(38-32)22-7-9-23(36)10-8-22/h2-3,6-11,19-21,24-26H,4-5,12-18H2,1H3/t24-,25?,26?/m0/s1. The Bertz CT molecular complexity index is 1840. The van der Waals surface area contributed by atoms with Crippen LogP contribution in [0.1, 0.15) is 46.5 Å². The lowest BCUT2D eigenvalue weighted by atomic mass is 9.87. The van der Waals surface area contributed by atoms with Crippen LogP contribution < -0.4 is 9.47 Å². The van der Waals surface area contributed by atoms with Crippen molar-refractivity contribution < 1.29 is 19.1 Å². The van der Waals surface area contributed by atoms with Gasteiger partial charge in [-0.3, -0.25) is 23.9 Å². The summed E-state index contributed by atoms with van der Waals surface area (Å²) in [7, 11) is 1.60. The zero-order valence-electron chi connectivity index (χ0n) is 25.6. The van der Waals surface area contributed by atoms with Crippen molar-refractivity contribution >= 4 is 40.8 Å². The Morgan fingerprint density at radius 1 is 0.978 bits per heavy atom. The van der Waals surface area contributed by atoms with Crippen LogP contribution in [-0.4, -0.2) is 100 Å². The van der Waals surface area contributed by atoms with E-state index in [2.05, 4.69) is 9.89 Å². The fourth-order valence-corrected chi connectivity index (χ4v) is 7.28. The summed E-state index contributed by atoms with van der Waals surface area (Å²) in [5.41, 5.74) is 3.37. The van der Waals surface area contributed by atoms with Gasteiger partial charge in [0.05, 0.1) is 29.9 Å². The van der Waals surface area contributed by atoms with Crippen molar-refractivity contribution in [3.8, 4) is 22.9 Å². The Morgan fingerprint density at radius 3 is 2.57 bits per heavy atom. The molecule has 5 heterocycles. The molecule has 3 fully saturated rings. The minimum absolute atomic E-state index is 0.00396. The Hall–Kier alpha value is -4.41. The van der Waals surface area contributed by atoms with E-state index in [1.54, 1.807) is 13.2 Å². The fourth-order valence-electron chi connectivity index (χ4n) is 7.15. The van der Waals surface area contributed by atoms with Crippen LogP contribution in [0.25, 0.3) is 16.9 Å². The minimum atomic E-state index is -0.0461. The molecule has 1 aliphatic carbocycles. The minimum Gasteiger partial charge on any atom is -0.493 e. The SMILES string of the molecule is COc1cc2c(cc1OC1CC(N3CCN(C(=O)c4nc(-c5ccc(Cl)cc5)n5ccccc45)CC3)C1)N=C[C@@H]1CCCN1C2=O. The molecule has 46 heavy (non-hydrogen) atoms. The number of nitrogens with zero attached hydrogens (tertiary/aromatic N) is 6. The third-order valence-electron chi connectivity index (χ3n) is 9.79. The topological polar surface area (TPSA) is 92.0 Å². The van der Waals surface area contributed by atoms with Gasteiger partial charge in [0.1, 0.15) is 11.9 Å². The third kappa shape index (κ3) is 5.09. The van der Waals surface area contributed by atoms with E-state index >= 15 is 0 Å². The van der Waals surface area contributed by atoms with Gasteiger partial charge in [0.25, 0.3) is 11.8 Å². The molecule has 0 unspecified atom stereocenters. The number of fused-ring (bicyclic) bond motifs is 3. The fraction of sp³-hybridized carbons (Fsp3) is 0.371. The number of amides is 2. The number of imidazole rings is 1. The molecule has 0 bridgehead atoms. The largest absolute Gasteiger partial charge is 0.493 e. The number of benzene rings is 2. The highest BCUT2D eigenvalue weighted by Crippen LogP contribution is 2.41. The average Bonchev–Trinajstić information content (AvgIpc) is 3.67. The second-order valence-electron chi connectivity index (χ2n) is 12.4. The molecule has 8 rings (SSSR count). The molecule has 4 aromatic rings. The van der Waals surface area contributed by atoms with Crippen LogP contribution >= 0.6 is 11.6 Å². The number of methoxy groups -OCH3 is 1. The molecular formula is C35H35ClN6O4. The number of halogens is 1. The molecule has 0 spiro atoms. The van der Waals surface area contributed by atoms with Gasteiger partial charge in [-0.05, 0) is 55.3 Å². The lowest BCUT2D eigenvalue weighted by Gasteiger charge is -2.46. The molecule has 1 atom stereocenters. The van der Waals surface area contributed by atoms with Gasteiger partial charge in [-0.25, -0.2) is 4.98 Å². The Kier molecular flexibility index (Phi) is 7.41. The van der Waals surface area contributed by atoms with Crippen LogP contribution in [-0.2, 0) is 0 Å². The molecule has 0 N–H and O–H groups in total. The van der Waals surface area contributed by atoms with Gasteiger partial charge in [-0.2, -0.15) is 0 Å². The van der Waals surface area contributed by atoms with Crippen molar-refractivity contribution in [1.82, 2.24) is 24.1 Å². The Labute approximate surface area is 272 Å². The smallest absolute Gasteiger partial charge is 0.274 e. The van der Waals surface area contributed by atoms with Crippen molar-refractivity contribution in [2.45, 2.75) is 43.9 Å². The summed E-state index contributed by atoms with van der Waals surface area (Å²) in [4.78, 5) is 42.7. The lowest BCUT2D eigenvalue weighted by Crippen LogP contribution is -2.57. The number of carbonyl (C=O) groups is 2. The summed E-state index contributed by atoms with van der Waals surface area (Å²) in [6, 6.07) is 17.4. The molecule has 2 aromatic heterocycles. The number of piperazine rings is 1. The van der Waals surface area contributed by atoms with Crippen LogP contribution in [0.2, 0.25) is 5.02 Å². The molecule has 2 aromatic carbocycles. The average molecular weight is 639 g/mol. The predicted molar refractivity (Wildman–Crippen MR) is 176 cm³/mol. The van der Waals surface area contributed by atoms with E-state index in [1.165, 1.54) is 0 Å². The molecule has 3 aliphatic heterocycles. The van der Waals surface area contributed by atoms with E-state index in [9.17, 15) is 9.59 Å². The van der Waals surface area contributed by atoms with Crippen LogP contribution in [0, 0.1) is 0 Å². The van der Waals surface area contributed by atoms with E-state index in [0.29, 0.717) is 52.6 Å². The zero-order valence-corrected chi connectivity index (χ0v) is 26.4. The number of ether oxygens (including phenoxy) is 2.